The molecule has 2 amide bonds. The van der Waals surface area contributed by atoms with E-state index in [1.54, 1.807) is 18.2 Å². The molecule has 0 unspecified atom stereocenters. The highest BCUT2D eigenvalue weighted by Crippen LogP contribution is 2.35. The average Bonchev–Trinajstić information content (AvgIpc) is 3.36. The molecular formula is C23H18ClN3O2S2. The molecular weight excluding hydrogens is 450 g/mol. The Morgan fingerprint density at radius 1 is 0.903 bits per heavy atom. The number of hydrogen-bond acceptors (Lipinski definition) is 5. The fraction of sp³-hybridized carbons (Fsp3) is 0.0870. The van der Waals surface area contributed by atoms with Crippen molar-refractivity contribution in [3.63, 3.8) is 0 Å². The summed E-state index contributed by atoms with van der Waals surface area (Å²) in [6.45, 7) is 3.71. The largest absolute Gasteiger partial charge is 0.322 e. The summed E-state index contributed by atoms with van der Waals surface area (Å²) in [5.74, 6) is -0.446. The Kier molecular flexibility index (Phi) is 6.18. The lowest BCUT2D eigenvalue weighted by atomic mass is 10.1. The molecule has 2 N–H and O–H groups in total. The number of nitrogens with one attached hydrogen (secondary N) is 2. The second-order valence-electron chi connectivity index (χ2n) is 6.84. The number of benzene rings is 2. The maximum absolute atomic E-state index is 12.9. The molecule has 0 radical (unpaired) electrons. The van der Waals surface area contributed by atoms with Gasteiger partial charge in [0.2, 0.25) is 0 Å². The number of aromatic nitrogens is 1. The van der Waals surface area contributed by atoms with Crippen LogP contribution in [0.5, 0.6) is 0 Å². The van der Waals surface area contributed by atoms with E-state index in [0.717, 1.165) is 15.4 Å². The summed E-state index contributed by atoms with van der Waals surface area (Å²) in [6.07, 6.45) is 0. The second-order valence-corrected chi connectivity index (χ2v) is 9.56. The molecule has 31 heavy (non-hydrogen) atoms. The van der Waals surface area contributed by atoms with Gasteiger partial charge in [-0.3, -0.25) is 9.59 Å². The molecule has 0 saturated carbocycles. The molecule has 0 atom stereocenters. The van der Waals surface area contributed by atoms with E-state index in [2.05, 4.69) is 15.6 Å². The quantitative estimate of drug-likeness (QED) is 0.345. The van der Waals surface area contributed by atoms with Crippen LogP contribution in [0.15, 0.2) is 60.7 Å². The van der Waals surface area contributed by atoms with Crippen molar-refractivity contribution in [3.8, 4) is 9.88 Å². The number of carbonyl (C=O) groups excluding carboxylic acids is 2. The molecule has 0 aliphatic rings. The molecule has 4 aromatic rings. The summed E-state index contributed by atoms with van der Waals surface area (Å²) in [5, 5.41) is 6.58. The molecule has 5 nitrogen and oxygen atoms in total. The van der Waals surface area contributed by atoms with E-state index in [1.165, 1.54) is 22.7 Å². The highest BCUT2D eigenvalue weighted by atomic mass is 35.5. The summed E-state index contributed by atoms with van der Waals surface area (Å²) in [4.78, 5) is 31.4. The number of thiazole rings is 1. The Hall–Kier alpha value is -3.00. The third-order valence-corrected chi connectivity index (χ3v) is 7.12. The van der Waals surface area contributed by atoms with Crippen molar-refractivity contribution in [2.24, 2.45) is 0 Å². The first kappa shape index (κ1) is 21.2. The van der Waals surface area contributed by atoms with Gasteiger partial charge in [0.05, 0.1) is 14.9 Å². The normalized spacial score (nSPS) is 10.7. The van der Waals surface area contributed by atoms with E-state index in [4.69, 9.17) is 11.6 Å². The maximum atomic E-state index is 12.9. The number of carbonyl (C=O) groups is 2. The van der Waals surface area contributed by atoms with Crippen molar-refractivity contribution in [1.29, 1.82) is 0 Å². The van der Waals surface area contributed by atoms with E-state index in [9.17, 15) is 9.59 Å². The van der Waals surface area contributed by atoms with Crippen molar-refractivity contribution in [2.45, 2.75) is 13.8 Å². The SMILES string of the molecule is Cc1ccc(NC(=O)c2ccccc2)cc1NC(=O)c1sc(-c2ccc(Cl)s2)nc1C. The van der Waals surface area contributed by atoms with Gasteiger partial charge in [0.1, 0.15) is 9.88 Å². The average molecular weight is 468 g/mol. The lowest BCUT2D eigenvalue weighted by molar-refractivity contribution is 0.102. The Morgan fingerprint density at radius 3 is 2.39 bits per heavy atom. The monoisotopic (exact) mass is 467 g/mol. The predicted molar refractivity (Wildman–Crippen MR) is 129 cm³/mol. The topological polar surface area (TPSA) is 71.1 Å². The summed E-state index contributed by atoms with van der Waals surface area (Å²) in [6, 6.07) is 18.1. The van der Waals surface area contributed by atoms with Gasteiger partial charge in [0.15, 0.2) is 0 Å². The molecule has 156 valence electrons. The minimum Gasteiger partial charge on any atom is -0.322 e. The lowest BCUT2D eigenvalue weighted by Crippen LogP contribution is -2.14. The van der Waals surface area contributed by atoms with Gasteiger partial charge >= 0.3 is 0 Å². The van der Waals surface area contributed by atoms with Gasteiger partial charge in [-0.2, -0.15) is 0 Å². The summed E-state index contributed by atoms with van der Waals surface area (Å²) >= 11 is 8.78. The lowest BCUT2D eigenvalue weighted by Gasteiger charge is -2.11. The van der Waals surface area contributed by atoms with E-state index in [1.807, 2.05) is 56.3 Å². The number of anilines is 2. The van der Waals surface area contributed by atoms with Crippen LogP contribution >= 0.6 is 34.3 Å². The number of rotatable bonds is 5. The number of halogens is 1. The first-order valence-electron chi connectivity index (χ1n) is 9.42. The van der Waals surface area contributed by atoms with E-state index in [-0.39, 0.29) is 11.8 Å². The predicted octanol–water partition coefficient (Wildman–Crippen LogP) is 6.65. The minimum absolute atomic E-state index is 0.209. The van der Waals surface area contributed by atoms with Gasteiger partial charge in [-0.25, -0.2) is 4.98 Å². The number of thiophene rings is 1. The molecule has 0 saturated heterocycles. The van der Waals surface area contributed by atoms with Crippen LogP contribution < -0.4 is 10.6 Å². The second kappa shape index (κ2) is 9.01. The van der Waals surface area contributed by atoms with Crippen molar-refractivity contribution in [1.82, 2.24) is 4.98 Å². The highest BCUT2D eigenvalue weighted by Gasteiger charge is 2.18. The van der Waals surface area contributed by atoms with Crippen LogP contribution in [-0.4, -0.2) is 16.8 Å². The van der Waals surface area contributed by atoms with Gasteiger partial charge in [0, 0.05) is 16.9 Å². The zero-order valence-electron chi connectivity index (χ0n) is 16.7. The fourth-order valence-corrected chi connectivity index (χ4v) is 5.01. The van der Waals surface area contributed by atoms with Crippen molar-refractivity contribution >= 4 is 57.5 Å². The van der Waals surface area contributed by atoms with Crippen LogP contribution in [0.4, 0.5) is 11.4 Å². The fourth-order valence-electron chi connectivity index (χ4n) is 2.95. The van der Waals surface area contributed by atoms with Crippen LogP contribution in [0, 0.1) is 13.8 Å². The zero-order chi connectivity index (χ0) is 22.0. The highest BCUT2D eigenvalue weighted by molar-refractivity contribution is 7.24. The summed E-state index contributed by atoms with van der Waals surface area (Å²) < 4.78 is 0.679. The van der Waals surface area contributed by atoms with Gasteiger partial charge in [0.25, 0.3) is 11.8 Å². The minimum atomic E-state index is -0.237. The molecule has 4 rings (SSSR count). The standard InChI is InChI=1S/C23H18ClN3O2S2/c1-13-8-9-16(26-21(28)15-6-4-3-5-7-15)12-17(13)27-22(29)20-14(2)25-23(31-20)18-10-11-19(24)30-18/h3-12H,1-2H3,(H,26,28)(H,27,29). The molecule has 0 aliphatic carbocycles. The van der Waals surface area contributed by atoms with Crippen molar-refractivity contribution in [2.75, 3.05) is 10.6 Å². The number of aryl methyl sites for hydroxylation is 2. The number of hydrogen-bond donors (Lipinski definition) is 2. The molecule has 2 heterocycles. The number of nitrogens with zero attached hydrogens (tertiary/aromatic N) is 1. The molecule has 0 aliphatic heterocycles. The first-order valence-corrected chi connectivity index (χ1v) is 11.4. The van der Waals surface area contributed by atoms with E-state index >= 15 is 0 Å². The van der Waals surface area contributed by atoms with Crippen LogP contribution in [-0.2, 0) is 0 Å². The van der Waals surface area contributed by atoms with Gasteiger partial charge in [-0.05, 0) is 55.8 Å². The molecule has 0 spiro atoms. The smallest absolute Gasteiger partial charge is 0.267 e. The Labute approximate surface area is 192 Å². The van der Waals surface area contributed by atoms with E-state index < -0.39 is 0 Å². The molecule has 0 bridgehead atoms. The Bertz CT molecular complexity index is 1270. The van der Waals surface area contributed by atoms with Gasteiger partial charge < -0.3 is 10.6 Å². The van der Waals surface area contributed by atoms with Crippen molar-refractivity contribution in [3.05, 3.63) is 86.7 Å². The molecule has 8 heteroatoms. The first-order chi connectivity index (χ1) is 14.9. The molecule has 2 aromatic heterocycles. The van der Waals surface area contributed by atoms with Gasteiger partial charge in [-0.1, -0.05) is 35.9 Å². The maximum Gasteiger partial charge on any atom is 0.267 e. The van der Waals surface area contributed by atoms with Gasteiger partial charge in [-0.15, -0.1) is 22.7 Å². The Morgan fingerprint density at radius 2 is 1.68 bits per heavy atom. The van der Waals surface area contributed by atoms with E-state index in [0.29, 0.717) is 31.8 Å². The van der Waals surface area contributed by atoms with Crippen molar-refractivity contribution < 1.29 is 9.59 Å². The Balaban J connectivity index is 1.53. The third kappa shape index (κ3) is 4.85. The van der Waals surface area contributed by atoms with Crippen LogP contribution in [0.2, 0.25) is 4.34 Å². The zero-order valence-corrected chi connectivity index (χ0v) is 19.1. The molecule has 2 aromatic carbocycles. The summed E-state index contributed by atoms with van der Waals surface area (Å²) in [7, 11) is 0. The van der Waals surface area contributed by atoms with Crippen LogP contribution in [0.3, 0.4) is 0 Å². The molecule has 0 fully saturated rings. The number of amides is 2. The van der Waals surface area contributed by atoms with Crippen LogP contribution in [0.1, 0.15) is 31.3 Å². The van der Waals surface area contributed by atoms with Crippen LogP contribution in [0.25, 0.3) is 9.88 Å². The summed E-state index contributed by atoms with van der Waals surface area (Å²) in [5.41, 5.74) is 3.34. The third-order valence-electron chi connectivity index (χ3n) is 4.57.